The van der Waals surface area contributed by atoms with Crippen molar-refractivity contribution in [1.29, 1.82) is 0 Å². The van der Waals surface area contributed by atoms with E-state index in [4.69, 9.17) is 0 Å². The first-order chi connectivity index (χ1) is 12.4. The van der Waals surface area contributed by atoms with E-state index in [0.29, 0.717) is 0 Å². The Bertz CT molecular complexity index is 240. The molecule has 25 heavy (non-hydrogen) atoms. The highest BCUT2D eigenvalue weighted by molar-refractivity contribution is 4.81. The van der Waals surface area contributed by atoms with Gasteiger partial charge >= 0.3 is 0 Å². The molecule has 0 aromatic carbocycles. The zero-order valence-electron chi connectivity index (χ0n) is 17.4. The molecule has 0 rings (SSSR count). The van der Waals surface area contributed by atoms with Crippen molar-refractivity contribution in [3.05, 3.63) is 26.0 Å². The van der Waals surface area contributed by atoms with Crippen LogP contribution in [-0.2, 0) is 0 Å². The van der Waals surface area contributed by atoms with E-state index >= 15 is 0 Å². The molecule has 0 aromatic rings. The maximum Gasteiger partial charge on any atom is -0.0351 e. The van der Waals surface area contributed by atoms with Crippen LogP contribution in [0.15, 0.2) is 12.2 Å². The van der Waals surface area contributed by atoms with Crippen LogP contribution in [-0.4, -0.2) is 0 Å². The van der Waals surface area contributed by atoms with Crippen LogP contribution in [0.2, 0.25) is 0 Å². The number of unbranched alkanes of at least 4 members (excludes halogenated alkanes) is 19. The van der Waals surface area contributed by atoms with Gasteiger partial charge in [0, 0.05) is 0 Å². The van der Waals surface area contributed by atoms with Crippen molar-refractivity contribution >= 4 is 0 Å². The standard InChI is InChI=1S/C25H48/c1-3-5-7-9-11-13-15-17-19-21-23-25-24-22-20-18-16-14-12-10-8-6-4-2/h11,13H,1-10,12,14-25H2/b13-11+. The van der Waals surface area contributed by atoms with E-state index in [9.17, 15) is 0 Å². The molecule has 0 aliphatic heterocycles. The molecule has 0 unspecified atom stereocenters. The second kappa shape index (κ2) is 23.7. The van der Waals surface area contributed by atoms with Crippen molar-refractivity contribution in [1.82, 2.24) is 0 Å². The topological polar surface area (TPSA) is 0 Å². The highest BCUT2D eigenvalue weighted by Crippen LogP contribution is 2.14. The fourth-order valence-corrected chi connectivity index (χ4v) is 3.41. The molecule has 0 aromatic heterocycles. The molecule has 0 heterocycles. The highest BCUT2D eigenvalue weighted by Gasteiger charge is 1.94. The average Bonchev–Trinajstić information content (AvgIpc) is 2.63. The van der Waals surface area contributed by atoms with Gasteiger partial charge in [-0.15, -0.1) is 0 Å². The van der Waals surface area contributed by atoms with Gasteiger partial charge in [0.2, 0.25) is 0 Å². The van der Waals surface area contributed by atoms with Crippen LogP contribution >= 0.6 is 0 Å². The Balaban J connectivity index is 3.00. The summed E-state index contributed by atoms with van der Waals surface area (Å²) in [4.78, 5) is 0. The summed E-state index contributed by atoms with van der Waals surface area (Å²) in [7, 11) is 0. The summed E-state index contributed by atoms with van der Waals surface area (Å²) in [5.41, 5.74) is 0. The Morgan fingerprint density at radius 3 is 0.920 bits per heavy atom. The SMILES string of the molecule is [CH2]CCCC/C=C/CCCCCCCCCCCCCCCCC[CH2]. The largest absolute Gasteiger partial charge is 0.0885 e. The first kappa shape index (κ1) is 24.7. The Morgan fingerprint density at radius 1 is 0.320 bits per heavy atom. The van der Waals surface area contributed by atoms with E-state index in [1.165, 1.54) is 122 Å². The second-order valence-electron chi connectivity index (χ2n) is 7.77. The van der Waals surface area contributed by atoms with Gasteiger partial charge in [0.15, 0.2) is 0 Å². The Labute approximate surface area is 161 Å². The molecule has 0 saturated heterocycles. The maximum absolute atomic E-state index is 3.90. The summed E-state index contributed by atoms with van der Waals surface area (Å²) in [6.45, 7) is 7.79. The molecule has 0 bridgehead atoms. The summed E-state index contributed by atoms with van der Waals surface area (Å²) < 4.78 is 0. The van der Waals surface area contributed by atoms with Gasteiger partial charge < -0.3 is 0 Å². The van der Waals surface area contributed by atoms with Gasteiger partial charge in [0.05, 0.1) is 0 Å². The van der Waals surface area contributed by atoms with E-state index in [2.05, 4.69) is 26.0 Å². The monoisotopic (exact) mass is 348 g/mol. The summed E-state index contributed by atoms with van der Waals surface area (Å²) in [5, 5.41) is 0. The van der Waals surface area contributed by atoms with Crippen LogP contribution in [0, 0.1) is 13.8 Å². The first-order valence-electron chi connectivity index (χ1n) is 11.6. The van der Waals surface area contributed by atoms with Crippen LogP contribution in [0.5, 0.6) is 0 Å². The van der Waals surface area contributed by atoms with Gasteiger partial charge in [-0.25, -0.2) is 0 Å². The third kappa shape index (κ3) is 23.7. The van der Waals surface area contributed by atoms with E-state index in [-0.39, 0.29) is 0 Å². The smallest absolute Gasteiger partial charge is 0.0351 e. The summed E-state index contributed by atoms with van der Waals surface area (Å²) in [5.74, 6) is 0. The van der Waals surface area contributed by atoms with Gasteiger partial charge in [-0.3, -0.25) is 0 Å². The Morgan fingerprint density at radius 2 is 0.560 bits per heavy atom. The lowest BCUT2D eigenvalue weighted by Crippen LogP contribution is -1.83. The fourth-order valence-electron chi connectivity index (χ4n) is 3.41. The molecule has 0 aliphatic rings. The van der Waals surface area contributed by atoms with Crippen LogP contribution < -0.4 is 0 Å². The van der Waals surface area contributed by atoms with Crippen molar-refractivity contribution in [2.24, 2.45) is 0 Å². The zero-order valence-corrected chi connectivity index (χ0v) is 17.4. The molecule has 0 atom stereocenters. The van der Waals surface area contributed by atoms with Crippen LogP contribution in [0.4, 0.5) is 0 Å². The van der Waals surface area contributed by atoms with Gasteiger partial charge in [0.1, 0.15) is 0 Å². The molecular weight excluding hydrogens is 300 g/mol. The highest BCUT2D eigenvalue weighted by atomic mass is 14.0. The first-order valence-corrected chi connectivity index (χ1v) is 11.6. The van der Waals surface area contributed by atoms with E-state index in [1.54, 1.807) is 0 Å². The van der Waals surface area contributed by atoms with Crippen molar-refractivity contribution in [2.45, 2.75) is 135 Å². The second-order valence-corrected chi connectivity index (χ2v) is 7.77. The van der Waals surface area contributed by atoms with Crippen molar-refractivity contribution in [3.63, 3.8) is 0 Å². The molecule has 0 nitrogen and oxygen atoms in total. The molecule has 148 valence electrons. The molecule has 0 fully saturated rings. The predicted molar refractivity (Wildman–Crippen MR) is 117 cm³/mol. The fraction of sp³-hybridized carbons (Fsp3) is 0.840. The minimum Gasteiger partial charge on any atom is -0.0885 e. The lowest BCUT2D eigenvalue weighted by molar-refractivity contribution is 0.531. The lowest BCUT2D eigenvalue weighted by atomic mass is 10.0. The zero-order chi connectivity index (χ0) is 18.3. The predicted octanol–water partition coefficient (Wildman–Crippen LogP) is 9.40. The minimum atomic E-state index is 1.09. The van der Waals surface area contributed by atoms with Crippen molar-refractivity contribution < 1.29 is 0 Å². The van der Waals surface area contributed by atoms with Crippen LogP contribution in [0.25, 0.3) is 0 Å². The number of hydrogen-bond acceptors (Lipinski definition) is 0. The third-order valence-electron chi connectivity index (χ3n) is 5.16. The normalized spacial score (nSPS) is 11.6. The van der Waals surface area contributed by atoms with Crippen molar-refractivity contribution in [2.75, 3.05) is 0 Å². The molecule has 0 amide bonds. The van der Waals surface area contributed by atoms with E-state index < -0.39 is 0 Å². The molecule has 0 N–H and O–H groups in total. The van der Waals surface area contributed by atoms with Crippen LogP contribution in [0.3, 0.4) is 0 Å². The van der Waals surface area contributed by atoms with Gasteiger partial charge in [-0.2, -0.15) is 0 Å². The molecule has 0 heteroatoms. The van der Waals surface area contributed by atoms with E-state index in [0.717, 1.165) is 12.8 Å². The van der Waals surface area contributed by atoms with Gasteiger partial charge in [-0.05, 0) is 25.7 Å². The average molecular weight is 349 g/mol. The van der Waals surface area contributed by atoms with E-state index in [1.807, 2.05) is 0 Å². The maximum atomic E-state index is 3.90. The van der Waals surface area contributed by atoms with Gasteiger partial charge in [0.25, 0.3) is 0 Å². The lowest BCUT2D eigenvalue weighted by Gasteiger charge is -2.03. The molecule has 2 radical (unpaired) electrons. The Hall–Kier alpha value is -0.260. The summed E-state index contributed by atoms with van der Waals surface area (Å²) in [6.07, 6.45) is 33.7. The Kier molecular flexibility index (Phi) is 23.5. The number of allylic oxidation sites excluding steroid dienone is 2. The minimum absolute atomic E-state index is 1.09. The quantitative estimate of drug-likeness (QED) is 0.143. The van der Waals surface area contributed by atoms with Gasteiger partial charge in [-0.1, -0.05) is 135 Å². The summed E-state index contributed by atoms with van der Waals surface area (Å²) >= 11 is 0. The van der Waals surface area contributed by atoms with Crippen LogP contribution in [0.1, 0.15) is 135 Å². The molecule has 0 saturated carbocycles. The summed E-state index contributed by atoms with van der Waals surface area (Å²) in [6, 6.07) is 0. The number of hydrogen-bond donors (Lipinski definition) is 0. The molecular formula is C25H48. The molecule has 0 aliphatic carbocycles. The third-order valence-corrected chi connectivity index (χ3v) is 5.16. The van der Waals surface area contributed by atoms with Crippen molar-refractivity contribution in [3.8, 4) is 0 Å². The molecule has 0 spiro atoms. The number of rotatable bonds is 21.